The van der Waals surface area contributed by atoms with Gasteiger partial charge in [0.1, 0.15) is 16.8 Å². The summed E-state index contributed by atoms with van der Waals surface area (Å²) in [5.74, 6) is -1.71. The number of aryl methyl sites for hydroxylation is 1. The Labute approximate surface area is 237 Å². The van der Waals surface area contributed by atoms with Crippen LogP contribution in [0.25, 0.3) is 33.3 Å². The third-order valence-corrected chi connectivity index (χ3v) is 9.09. The Kier molecular flexibility index (Phi) is 6.59. The number of aliphatic carboxylic acids is 1. The zero-order valence-electron chi connectivity index (χ0n) is 20.7. The molecule has 194 valence electrons. The molecular formula is C30H21ClFN3O2S2. The number of nitrogens with zero attached hydrogens (tertiary/aromatic N) is 3. The van der Waals surface area contributed by atoms with Crippen LogP contribution in [0.1, 0.15) is 10.4 Å². The molecule has 0 aliphatic carbocycles. The lowest BCUT2D eigenvalue weighted by Gasteiger charge is -2.38. The van der Waals surface area contributed by atoms with E-state index in [1.54, 1.807) is 6.07 Å². The maximum Gasteiger partial charge on any atom is 0.310 e. The van der Waals surface area contributed by atoms with Crippen molar-refractivity contribution in [2.24, 2.45) is 5.92 Å². The standard InChI is InChI=1S/C30H21ClFN3O2S2/c1-17-5-7-21(8-6-17)39-35-26-13-24(31)25(32)12-23(26)28(22-9-10-38-27(22)14-33)29(35)18-3-2-4-20(11-18)34-15-19(16-34)30(36)37/h2-13,19H,15-16H2,1H3,(H,36,37). The minimum absolute atomic E-state index is 0.0173. The quantitative estimate of drug-likeness (QED) is 0.222. The lowest BCUT2D eigenvalue weighted by Crippen LogP contribution is -2.50. The molecule has 0 unspecified atom stereocenters. The molecule has 9 heteroatoms. The Morgan fingerprint density at radius 2 is 1.92 bits per heavy atom. The minimum atomic E-state index is -0.792. The van der Waals surface area contributed by atoms with Gasteiger partial charge in [-0.05, 0) is 66.7 Å². The summed E-state index contributed by atoms with van der Waals surface area (Å²) < 4.78 is 17.0. The second-order valence-corrected chi connectivity index (χ2v) is 11.8. The summed E-state index contributed by atoms with van der Waals surface area (Å²) in [7, 11) is 0. The first-order chi connectivity index (χ1) is 18.8. The topological polar surface area (TPSA) is 69.3 Å². The highest BCUT2D eigenvalue weighted by atomic mass is 35.5. The van der Waals surface area contributed by atoms with Crippen LogP contribution in [0.4, 0.5) is 10.1 Å². The van der Waals surface area contributed by atoms with E-state index in [-0.39, 0.29) is 10.9 Å². The molecule has 6 rings (SSSR count). The molecule has 1 saturated heterocycles. The summed E-state index contributed by atoms with van der Waals surface area (Å²) in [6.07, 6.45) is 0. The molecule has 1 N–H and O–H groups in total. The van der Waals surface area contributed by atoms with Crippen LogP contribution in [0.3, 0.4) is 0 Å². The fourth-order valence-electron chi connectivity index (χ4n) is 4.88. The number of thiophene rings is 1. The molecular weight excluding hydrogens is 553 g/mol. The van der Waals surface area contributed by atoms with Crippen LogP contribution in [-0.4, -0.2) is 28.1 Å². The number of anilines is 1. The molecule has 0 saturated carbocycles. The number of hydrogen-bond acceptors (Lipinski definition) is 5. The number of hydrogen-bond donors (Lipinski definition) is 1. The Balaban J connectivity index is 1.61. The summed E-state index contributed by atoms with van der Waals surface area (Å²) >= 11 is 9.14. The maximum atomic E-state index is 14.9. The molecule has 0 spiro atoms. The number of nitriles is 1. The van der Waals surface area contributed by atoms with Crippen molar-refractivity contribution in [3.8, 4) is 28.5 Å². The van der Waals surface area contributed by atoms with Crippen molar-refractivity contribution in [3.63, 3.8) is 0 Å². The molecule has 1 aliphatic heterocycles. The molecule has 0 radical (unpaired) electrons. The van der Waals surface area contributed by atoms with Gasteiger partial charge in [0.2, 0.25) is 0 Å². The molecule has 2 aromatic heterocycles. The van der Waals surface area contributed by atoms with Gasteiger partial charge in [-0.3, -0.25) is 8.77 Å². The lowest BCUT2D eigenvalue weighted by atomic mass is 9.96. The summed E-state index contributed by atoms with van der Waals surface area (Å²) in [5, 5.41) is 21.8. The van der Waals surface area contributed by atoms with E-state index in [2.05, 4.69) is 10.0 Å². The van der Waals surface area contributed by atoms with E-state index in [1.807, 2.05) is 71.8 Å². The van der Waals surface area contributed by atoms with E-state index in [1.165, 1.54) is 29.4 Å². The van der Waals surface area contributed by atoms with E-state index in [0.29, 0.717) is 23.4 Å². The maximum absolute atomic E-state index is 14.9. The molecule has 5 nitrogen and oxygen atoms in total. The molecule has 39 heavy (non-hydrogen) atoms. The average Bonchev–Trinajstić information content (AvgIpc) is 3.47. The third kappa shape index (κ3) is 4.57. The van der Waals surface area contributed by atoms with Crippen LogP contribution < -0.4 is 4.90 Å². The van der Waals surface area contributed by atoms with Crippen LogP contribution >= 0.6 is 34.9 Å². The Hall–Kier alpha value is -3.77. The van der Waals surface area contributed by atoms with Gasteiger partial charge in [-0.15, -0.1) is 11.3 Å². The molecule has 3 aromatic carbocycles. The first kappa shape index (κ1) is 25.5. The number of benzene rings is 3. The monoisotopic (exact) mass is 573 g/mol. The van der Waals surface area contributed by atoms with Crippen LogP contribution in [0, 0.1) is 30.0 Å². The molecule has 0 atom stereocenters. The van der Waals surface area contributed by atoms with Gasteiger partial charge in [-0.1, -0.05) is 41.4 Å². The molecule has 1 aliphatic rings. The summed E-state index contributed by atoms with van der Waals surface area (Å²) in [4.78, 5) is 14.9. The van der Waals surface area contributed by atoms with Crippen LogP contribution in [0.2, 0.25) is 5.02 Å². The van der Waals surface area contributed by atoms with Crippen LogP contribution in [0.5, 0.6) is 0 Å². The highest BCUT2D eigenvalue weighted by Gasteiger charge is 2.33. The summed E-state index contributed by atoms with van der Waals surface area (Å²) in [6, 6.07) is 23.3. The largest absolute Gasteiger partial charge is 0.481 e. The summed E-state index contributed by atoms with van der Waals surface area (Å²) in [5.41, 5.74) is 5.93. The number of aromatic nitrogens is 1. The molecule has 3 heterocycles. The fraction of sp³-hybridized carbons (Fsp3) is 0.133. The van der Waals surface area contributed by atoms with E-state index in [4.69, 9.17) is 11.6 Å². The average molecular weight is 574 g/mol. The van der Waals surface area contributed by atoms with Gasteiger partial charge in [0, 0.05) is 45.7 Å². The number of halogens is 2. The number of carboxylic acid groups (broad SMARTS) is 1. The van der Waals surface area contributed by atoms with Crippen LogP contribution in [-0.2, 0) is 4.79 Å². The fourth-order valence-corrected chi connectivity index (χ4v) is 6.73. The number of carboxylic acids is 1. The lowest BCUT2D eigenvalue weighted by molar-refractivity contribution is -0.142. The number of carbonyl (C=O) groups is 1. The van der Waals surface area contributed by atoms with Gasteiger partial charge in [-0.25, -0.2) is 4.39 Å². The Morgan fingerprint density at radius 3 is 2.64 bits per heavy atom. The Bertz CT molecular complexity index is 1780. The zero-order valence-corrected chi connectivity index (χ0v) is 23.1. The van der Waals surface area contributed by atoms with Crippen molar-refractivity contribution >= 4 is 57.4 Å². The predicted molar refractivity (Wildman–Crippen MR) is 156 cm³/mol. The van der Waals surface area contributed by atoms with Crippen LogP contribution in [0.15, 0.2) is 77.0 Å². The molecule has 0 bridgehead atoms. The normalized spacial score (nSPS) is 13.4. The highest BCUT2D eigenvalue weighted by Crippen LogP contribution is 2.47. The predicted octanol–water partition coefficient (Wildman–Crippen LogP) is 8.09. The van der Waals surface area contributed by atoms with Crippen molar-refractivity contribution in [2.45, 2.75) is 11.8 Å². The molecule has 1 fully saturated rings. The highest BCUT2D eigenvalue weighted by molar-refractivity contribution is 7.98. The van der Waals surface area contributed by atoms with E-state index >= 15 is 0 Å². The van der Waals surface area contributed by atoms with E-state index < -0.39 is 11.8 Å². The van der Waals surface area contributed by atoms with Crippen molar-refractivity contribution in [2.75, 3.05) is 18.0 Å². The second-order valence-electron chi connectivity index (χ2n) is 9.47. The number of rotatable bonds is 6. The van der Waals surface area contributed by atoms with Crippen molar-refractivity contribution in [1.82, 2.24) is 3.97 Å². The smallest absolute Gasteiger partial charge is 0.310 e. The van der Waals surface area contributed by atoms with Gasteiger partial charge < -0.3 is 10.0 Å². The van der Waals surface area contributed by atoms with E-state index in [9.17, 15) is 19.6 Å². The van der Waals surface area contributed by atoms with E-state index in [0.717, 1.165) is 44.0 Å². The Morgan fingerprint density at radius 1 is 1.15 bits per heavy atom. The van der Waals surface area contributed by atoms with Gasteiger partial charge >= 0.3 is 5.97 Å². The van der Waals surface area contributed by atoms with Crippen molar-refractivity contribution in [3.05, 3.63) is 93.4 Å². The van der Waals surface area contributed by atoms with Gasteiger partial charge in [-0.2, -0.15) is 5.26 Å². The van der Waals surface area contributed by atoms with Crippen molar-refractivity contribution in [1.29, 1.82) is 5.26 Å². The third-order valence-electron chi connectivity index (χ3n) is 6.94. The molecule has 5 aromatic rings. The van der Waals surface area contributed by atoms with Gasteiger partial charge in [0.15, 0.2) is 0 Å². The molecule has 0 amide bonds. The SMILES string of the molecule is Cc1ccc(Sn2c(-c3cccc(N4CC(C(=O)O)C4)c3)c(-c3ccsc3C#N)c3cc(F)c(Cl)cc32)cc1. The first-order valence-electron chi connectivity index (χ1n) is 12.2. The minimum Gasteiger partial charge on any atom is -0.481 e. The first-order valence-corrected chi connectivity index (χ1v) is 14.2. The van der Waals surface area contributed by atoms with Gasteiger partial charge in [0.25, 0.3) is 0 Å². The summed E-state index contributed by atoms with van der Waals surface area (Å²) in [6.45, 7) is 2.91. The van der Waals surface area contributed by atoms with Gasteiger partial charge in [0.05, 0.1) is 22.2 Å². The number of fused-ring (bicyclic) bond motifs is 1. The second kappa shape index (κ2) is 10.1. The van der Waals surface area contributed by atoms with Crippen molar-refractivity contribution < 1.29 is 14.3 Å². The zero-order chi connectivity index (χ0) is 27.3.